The zero-order chi connectivity index (χ0) is 13.7. The molecule has 0 heterocycles. The van der Waals surface area contributed by atoms with Crippen molar-refractivity contribution in [1.82, 2.24) is 0 Å². The Morgan fingerprint density at radius 1 is 1.33 bits per heavy atom. The number of nitrogens with zero attached hydrogens (tertiary/aromatic N) is 1. The number of halogens is 3. The summed E-state index contributed by atoms with van der Waals surface area (Å²) in [5, 5.41) is 18.4. The van der Waals surface area contributed by atoms with Crippen LogP contribution in [0.3, 0.4) is 0 Å². The van der Waals surface area contributed by atoms with Crippen LogP contribution in [-0.2, 0) is 0 Å². The highest BCUT2D eigenvalue weighted by Crippen LogP contribution is 2.29. The van der Waals surface area contributed by atoms with Crippen molar-refractivity contribution in [1.29, 1.82) is 0 Å². The molecular weight excluding hydrogens is 247 g/mol. The van der Waals surface area contributed by atoms with Gasteiger partial charge in [-0.25, -0.2) is 13.2 Å². The molecule has 0 aromatic heterocycles. The van der Waals surface area contributed by atoms with Crippen LogP contribution in [0.1, 0.15) is 18.6 Å². The molecule has 0 aliphatic heterocycles. The normalized spacial score (nSPS) is 12.8. The molecule has 1 aromatic carbocycles. The van der Waals surface area contributed by atoms with E-state index >= 15 is 0 Å². The molecule has 18 heavy (non-hydrogen) atoms. The van der Waals surface area contributed by atoms with Crippen molar-refractivity contribution < 1.29 is 23.4 Å². The van der Waals surface area contributed by atoms with Gasteiger partial charge in [-0.3, -0.25) is 0 Å². The molecule has 1 atom stereocenters. The van der Waals surface area contributed by atoms with E-state index in [1.807, 2.05) is 0 Å². The van der Waals surface area contributed by atoms with Gasteiger partial charge in [0, 0.05) is 12.1 Å². The van der Waals surface area contributed by atoms with E-state index in [4.69, 9.17) is 5.11 Å². The minimum atomic E-state index is -2.65. The Bertz CT molecular complexity index is 386. The summed E-state index contributed by atoms with van der Waals surface area (Å²) in [4.78, 5) is 1.04. The molecule has 0 radical (unpaired) electrons. The molecule has 1 rings (SSSR count). The number of para-hydroxylation sites is 1. The fourth-order valence-electron chi connectivity index (χ4n) is 1.78. The zero-order valence-corrected chi connectivity index (χ0v) is 9.98. The summed E-state index contributed by atoms with van der Waals surface area (Å²) in [6, 6.07) is 4.01. The summed E-state index contributed by atoms with van der Waals surface area (Å²) in [6.07, 6.45) is -3.63. The Morgan fingerprint density at radius 3 is 2.50 bits per heavy atom. The largest absolute Gasteiger partial charge is 0.395 e. The van der Waals surface area contributed by atoms with Gasteiger partial charge in [-0.05, 0) is 13.0 Å². The minimum absolute atomic E-state index is 0.0816. The van der Waals surface area contributed by atoms with Gasteiger partial charge in [0.15, 0.2) is 0 Å². The van der Waals surface area contributed by atoms with Gasteiger partial charge in [0.25, 0.3) is 6.43 Å². The topological polar surface area (TPSA) is 43.7 Å². The molecule has 3 nitrogen and oxygen atoms in total. The van der Waals surface area contributed by atoms with Crippen LogP contribution < -0.4 is 4.90 Å². The van der Waals surface area contributed by atoms with Crippen LogP contribution in [0, 0.1) is 5.82 Å². The van der Waals surface area contributed by atoms with Gasteiger partial charge in [0.05, 0.1) is 24.9 Å². The third-order valence-electron chi connectivity index (χ3n) is 2.51. The van der Waals surface area contributed by atoms with Crippen molar-refractivity contribution in [3.63, 3.8) is 0 Å². The lowest BCUT2D eigenvalue weighted by atomic mass is 10.1. The maximum atomic E-state index is 13.8. The highest BCUT2D eigenvalue weighted by atomic mass is 19.3. The van der Waals surface area contributed by atoms with E-state index in [-0.39, 0.29) is 24.4 Å². The van der Waals surface area contributed by atoms with Gasteiger partial charge in [0.2, 0.25) is 0 Å². The van der Waals surface area contributed by atoms with E-state index < -0.39 is 24.9 Å². The van der Waals surface area contributed by atoms with Crippen LogP contribution >= 0.6 is 0 Å². The second kappa shape index (κ2) is 6.61. The molecule has 0 saturated carbocycles. The van der Waals surface area contributed by atoms with Crippen molar-refractivity contribution in [2.24, 2.45) is 0 Å². The third kappa shape index (κ3) is 3.61. The minimum Gasteiger partial charge on any atom is -0.395 e. The molecule has 0 saturated heterocycles. The van der Waals surface area contributed by atoms with Crippen LogP contribution in [0.5, 0.6) is 0 Å². The number of aliphatic hydroxyl groups is 2. The monoisotopic (exact) mass is 263 g/mol. The lowest BCUT2D eigenvalue weighted by Crippen LogP contribution is -2.33. The first-order valence-corrected chi connectivity index (χ1v) is 5.57. The zero-order valence-electron chi connectivity index (χ0n) is 9.98. The summed E-state index contributed by atoms with van der Waals surface area (Å²) in [7, 11) is 0. The smallest absolute Gasteiger partial charge is 0.255 e. The highest BCUT2D eigenvalue weighted by molar-refractivity contribution is 5.56. The lowest BCUT2D eigenvalue weighted by Gasteiger charge is -2.27. The van der Waals surface area contributed by atoms with Gasteiger partial charge in [0.1, 0.15) is 5.82 Å². The maximum absolute atomic E-state index is 13.8. The Hall–Kier alpha value is -1.27. The first-order chi connectivity index (χ1) is 8.47. The third-order valence-corrected chi connectivity index (χ3v) is 2.51. The average molecular weight is 263 g/mol. The predicted molar refractivity (Wildman–Crippen MR) is 62.3 cm³/mol. The highest BCUT2D eigenvalue weighted by Gasteiger charge is 2.21. The number of rotatable bonds is 6. The molecule has 102 valence electrons. The molecular formula is C12H16F3NO2. The van der Waals surface area contributed by atoms with Crippen LogP contribution in [0.25, 0.3) is 0 Å². The number of hydrogen-bond donors (Lipinski definition) is 2. The molecule has 0 unspecified atom stereocenters. The maximum Gasteiger partial charge on any atom is 0.255 e. The number of hydrogen-bond acceptors (Lipinski definition) is 3. The van der Waals surface area contributed by atoms with Crippen molar-refractivity contribution in [2.45, 2.75) is 19.5 Å². The van der Waals surface area contributed by atoms with Gasteiger partial charge >= 0.3 is 0 Å². The second-order valence-electron chi connectivity index (χ2n) is 3.91. The van der Waals surface area contributed by atoms with E-state index in [2.05, 4.69) is 0 Å². The summed E-state index contributed by atoms with van der Waals surface area (Å²) in [5.41, 5.74) is 0.144. The van der Waals surface area contributed by atoms with Crippen molar-refractivity contribution >= 4 is 5.69 Å². The van der Waals surface area contributed by atoms with E-state index in [9.17, 15) is 18.3 Å². The fraction of sp³-hybridized carbons (Fsp3) is 0.500. The first kappa shape index (κ1) is 14.8. The molecule has 0 bridgehead atoms. The van der Waals surface area contributed by atoms with Gasteiger partial charge in [-0.2, -0.15) is 0 Å². The summed E-state index contributed by atoms with van der Waals surface area (Å²) in [6.45, 7) is 0.240. The summed E-state index contributed by atoms with van der Waals surface area (Å²) >= 11 is 0. The van der Waals surface area contributed by atoms with Crippen molar-refractivity contribution in [3.8, 4) is 0 Å². The molecule has 1 aromatic rings. The molecule has 0 aliphatic rings. The van der Waals surface area contributed by atoms with E-state index in [0.717, 1.165) is 11.0 Å². The van der Waals surface area contributed by atoms with Crippen molar-refractivity contribution in [2.75, 3.05) is 24.6 Å². The molecule has 6 heteroatoms. The average Bonchev–Trinajstić information content (AvgIpc) is 2.27. The van der Waals surface area contributed by atoms with E-state index in [0.29, 0.717) is 0 Å². The SMILES string of the molecule is C[C@H](O)c1cccc(F)c1N(CCO)CC(F)F. The number of aliphatic hydroxyl groups excluding tert-OH is 2. The predicted octanol–water partition coefficient (Wildman–Crippen LogP) is 1.94. The van der Waals surface area contributed by atoms with Gasteiger partial charge in [-0.15, -0.1) is 0 Å². The van der Waals surface area contributed by atoms with Crippen LogP contribution in [-0.4, -0.2) is 36.3 Å². The van der Waals surface area contributed by atoms with E-state index in [1.54, 1.807) is 0 Å². The first-order valence-electron chi connectivity index (χ1n) is 5.57. The molecule has 0 amide bonds. The lowest BCUT2D eigenvalue weighted by molar-refractivity contribution is 0.151. The van der Waals surface area contributed by atoms with Crippen LogP contribution in [0.4, 0.5) is 18.9 Å². The summed E-state index contributed by atoms with van der Waals surface area (Å²) in [5.74, 6) is -0.692. The molecule has 0 fully saturated rings. The summed E-state index contributed by atoms with van der Waals surface area (Å²) < 4.78 is 38.7. The number of alkyl halides is 2. The van der Waals surface area contributed by atoms with Crippen LogP contribution in [0.2, 0.25) is 0 Å². The Balaban J connectivity index is 3.16. The fourth-order valence-corrected chi connectivity index (χ4v) is 1.78. The number of anilines is 1. The van der Waals surface area contributed by atoms with Crippen LogP contribution in [0.15, 0.2) is 18.2 Å². The Labute approximate surface area is 103 Å². The second-order valence-corrected chi connectivity index (χ2v) is 3.91. The van der Waals surface area contributed by atoms with E-state index in [1.165, 1.54) is 19.1 Å². The van der Waals surface area contributed by atoms with Crippen molar-refractivity contribution in [3.05, 3.63) is 29.6 Å². The molecule has 0 aliphatic carbocycles. The standard InChI is InChI=1S/C12H16F3NO2/c1-8(18)9-3-2-4-10(13)12(9)16(5-6-17)7-11(14)15/h2-4,8,11,17-18H,5-7H2,1H3/t8-/m0/s1. The molecule has 2 N–H and O–H groups in total. The molecule has 0 spiro atoms. The van der Waals surface area contributed by atoms with Gasteiger partial charge in [-0.1, -0.05) is 12.1 Å². The quantitative estimate of drug-likeness (QED) is 0.824. The van der Waals surface area contributed by atoms with Gasteiger partial charge < -0.3 is 15.1 Å². The number of benzene rings is 1. The Kier molecular flexibility index (Phi) is 5.43. The Morgan fingerprint density at radius 2 is 2.00 bits per heavy atom.